The van der Waals surface area contributed by atoms with Crippen LogP contribution < -0.4 is 0 Å². The summed E-state index contributed by atoms with van der Waals surface area (Å²) in [5, 5.41) is 4.21. The summed E-state index contributed by atoms with van der Waals surface area (Å²) in [6, 6.07) is 63.6. The molecule has 0 aliphatic carbocycles. The van der Waals surface area contributed by atoms with Crippen LogP contribution in [0.5, 0.6) is 0 Å². The molecule has 0 aliphatic rings. The van der Waals surface area contributed by atoms with Gasteiger partial charge in [0, 0.05) is 32.7 Å². The van der Waals surface area contributed by atoms with Gasteiger partial charge in [0.1, 0.15) is 11.2 Å². The molecular formula is C48H30N2O. The number of hydrogen-bond acceptors (Lipinski definition) is 3. The highest BCUT2D eigenvalue weighted by molar-refractivity contribution is 6.20. The third-order valence-electron chi connectivity index (χ3n) is 9.89. The molecule has 3 heteroatoms. The molecule has 0 saturated heterocycles. The Morgan fingerprint density at radius 2 is 0.941 bits per heavy atom. The number of hydrogen-bond donors (Lipinski definition) is 0. The summed E-state index contributed by atoms with van der Waals surface area (Å²) in [6.07, 6.45) is 0. The van der Waals surface area contributed by atoms with Crippen LogP contribution in [0.25, 0.3) is 99.6 Å². The average Bonchev–Trinajstić information content (AvgIpc) is 3.59. The van der Waals surface area contributed by atoms with Crippen molar-refractivity contribution in [2.75, 3.05) is 0 Å². The van der Waals surface area contributed by atoms with Crippen LogP contribution >= 0.6 is 0 Å². The lowest BCUT2D eigenvalue weighted by Crippen LogP contribution is -1.95. The van der Waals surface area contributed by atoms with Crippen LogP contribution in [0, 0.1) is 0 Å². The number of furan rings is 1. The second-order valence-electron chi connectivity index (χ2n) is 12.9. The molecule has 3 aromatic heterocycles. The van der Waals surface area contributed by atoms with Crippen molar-refractivity contribution in [1.29, 1.82) is 0 Å². The van der Waals surface area contributed by atoms with Crippen LogP contribution in [0.2, 0.25) is 0 Å². The maximum Gasteiger partial charge on any atom is 0.136 e. The van der Waals surface area contributed by atoms with E-state index in [2.05, 4.69) is 164 Å². The Kier molecular flexibility index (Phi) is 6.81. The van der Waals surface area contributed by atoms with Crippen LogP contribution in [-0.4, -0.2) is 9.97 Å². The topological polar surface area (TPSA) is 38.9 Å². The van der Waals surface area contributed by atoms with E-state index in [0.717, 1.165) is 88.5 Å². The SMILES string of the molecule is c1ccc(-c2ccc(-c3ccc4oc5cccc(-c6cccc7nc(-c8ccccc8)c8ccc(-c9ccccc9)nc8c67)c5c4c3)cc2)cc1. The van der Waals surface area contributed by atoms with Gasteiger partial charge in [0.05, 0.1) is 22.4 Å². The van der Waals surface area contributed by atoms with Crippen LogP contribution in [0.4, 0.5) is 0 Å². The first kappa shape index (κ1) is 29.1. The van der Waals surface area contributed by atoms with Gasteiger partial charge in [-0.3, -0.25) is 0 Å². The zero-order valence-corrected chi connectivity index (χ0v) is 27.6. The van der Waals surface area contributed by atoms with Gasteiger partial charge in [0.2, 0.25) is 0 Å². The molecule has 3 heterocycles. The van der Waals surface area contributed by atoms with Gasteiger partial charge < -0.3 is 4.42 Å². The zero-order chi connectivity index (χ0) is 33.7. The van der Waals surface area contributed by atoms with Gasteiger partial charge in [0.25, 0.3) is 0 Å². The lowest BCUT2D eigenvalue weighted by atomic mass is 9.93. The number of rotatable bonds is 5. The molecule has 0 bridgehead atoms. The predicted octanol–water partition coefficient (Wildman–Crippen LogP) is 13.0. The quantitative estimate of drug-likeness (QED) is 0.174. The largest absolute Gasteiger partial charge is 0.456 e. The molecule has 10 rings (SSSR count). The van der Waals surface area contributed by atoms with E-state index in [9.17, 15) is 0 Å². The van der Waals surface area contributed by atoms with E-state index < -0.39 is 0 Å². The molecule has 0 fully saturated rings. The number of nitrogens with zero attached hydrogens (tertiary/aromatic N) is 2. The fraction of sp³-hybridized carbons (Fsp3) is 0. The van der Waals surface area contributed by atoms with Gasteiger partial charge in [0.15, 0.2) is 0 Å². The summed E-state index contributed by atoms with van der Waals surface area (Å²) in [5.74, 6) is 0. The maximum absolute atomic E-state index is 6.50. The van der Waals surface area contributed by atoms with Gasteiger partial charge >= 0.3 is 0 Å². The lowest BCUT2D eigenvalue weighted by molar-refractivity contribution is 0.669. The molecule has 51 heavy (non-hydrogen) atoms. The highest BCUT2D eigenvalue weighted by Crippen LogP contribution is 2.43. The molecule has 0 spiro atoms. The molecule has 0 amide bonds. The Morgan fingerprint density at radius 3 is 1.67 bits per heavy atom. The van der Waals surface area contributed by atoms with Crippen molar-refractivity contribution in [3.63, 3.8) is 0 Å². The second-order valence-corrected chi connectivity index (χ2v) is 12.9. The van der Waals surface area contributed by atoms with Crippen molar-refractivity contribution in [3.05, 3.63) is 182 Å². The second kappa shape index (κ2) is 11.9. The molecule has 0 N–H and O–H groups in total. The van der Waals surface area contributed by atoms with Gasteiger partial charge in [-0.05, 0) is 69.8 Å². The Hall–Kier alpha value is -6.84. The summed E-state index contributed by atoms with van der Waals surface area (Å²) in [6.45, 7) is 0. The lowest BCUT2D eigenvalue weighted by Gasteiger charge is -2.15. The van der Waals surface area contributed by atoms with Crippen molar-refractivity contribution in [1.82, 2.24) is 9.97 Å². The summed E-state index contributed by atoms with van der Waals surface area (Å²) in [7, 11) is 0. The highest BCUT2D eigenvalue weighted by atomic mass is 16.3. The van der Waals surface area contributed by atoms with E-state index in [1.165, 1.54) is 11.1 Å². The molecule has 3 nitrogen and oxygen atoms in total. The van der Waals surface area contributed by atoms with Crippen molar-refractivity contribution in [2.45, 2.75) is 0 Å². The van der Waals surface area contributed by atoms with E-state index in [1.807, 2.05) is 18.2 Å². The summed E-state index contributed by atoms with van der Waals surface area (Å²) >= 11 is 0. The number of benzene rings is 7. The maximum atomic E-state index is 6.50. The average molecular weight is 651 g/mol. The minimum atomic E-state index is 0.854. The molecule has 10 aromatic rings. The summed E-state index contributed by atoms with van der Waals surface area (Å²) in [5.41, 5.74) is 14.4. The predicted molar refractivity (Wildman–Crippen MR) is 212 cm³/mol. The molecule has 7 aromatic carbocycles. The van der Waals surface area contributed by atoms with Crippen molar-refractivity contribution >= 4 is 43.7 Å². The molecule has 0 atom stereocenters. The fourth-order valence-electron chi connectivity index (χ4n) is 7.43. The van der Waals surface area contributed by atoms with Crippen LogP contribution in [0.3, 0.4) is 0 Å². The zero-order valence-electron chi connectivity index (χ0n) is 27.6. The van der Waals surface area contributed by atoms with Gasteiger partial charge in [-0.15, -0.1) is 0 Å². The minimum Gasteiger partial charge on any atom is -0.456 e. The molecular weight excluding hydrogens is 621 g/mol. The molecule has 0 radical (unpaired) electrons. The Balaban J connectivity index is 1.20. The molecule has 238 valence electrons. The van der Waals surface area contributed by atoms with E-state index in [-0.39, 0.29) is 0 Å². The number of fused-ring (bicyclic) bond motifs is 6. The molecule has 0 unspecified atom stereocenters. The number of aromatic nitrogens is 2. The minimum absolute atomic E-state index is 0.854. The van der Waals surface area contributed by atoms with Crippen molar-refractivity contribution < 1.29 is 4.42 Å². The molecule has 0 aliphatic heterocycles. The highest BCUT2D eigenvalue weighted by Gasteiger charge is 2.20. The van der Waals surface area contributed by atoms with E-state index in [0.29, 0.717) is 0 Å². The molecule has 0 saturated carbocycles. The van der Waals surface area contributed by atoms with E-state index in [4.69, 9.17) is 14.4 Å². The monoisotopic (exact) mass is 650 g/mol. The normalized spacial score (nSPS) is 11.5. The third kappa shape index (κ3) is 4.98. The van der Waals surface area contributed by atoms with Crippen molar-refractivity contribution in [3.8, 4) is 55.9 Å². The Labute approximate surface area is 295 Å². The first-order valence-corrected chi connectivity index (χ1v) is 17.2. The van der Waals surface area contributed by atoms with Gasteiger partial charge in [-0.2, -0.15) is 0 Å². The van der Waals surface area contributed by atoms with Gasteiger partial charge in [-0.25, -0.2) is 9.97 Å². The van der Waals surface area contributed by atoms with Crippen LogP contribution in [-0.2, 0) is 0 Å². The number of pyridine rings is 2. The smallest absolute Gasteiger partial charge is 0.136 e. The Morgan fingerprint density at radius 1 is 0.353 bits per heavy atom. The fourth-order valence-corrected chi connectivity index (χ4v) is 7.43. The Bertz CT molecular complexity index is 2880. The van der Waals surface area contributed by atoms with E-state index >= 15 is 0 Å². The first-order valence-electron chi connectivity index (χ1n) is 17.2. The summed E-state index contributed by atoms with van der Waals surface area (Å²) < 4.78 is 6.50. The van der Waals surface area contributed by atoms with Crippen LogP contribution in [0.1, 0.15) is 0 Å². The first-order chi connectivity index (χ1) is 25.3. The standard InChI is InChI=1S/C48H30N2O/c1-4-12-31(13-5-1)32-22-24-33(25-23-32)36-26-29-43-40(30-36)45-37(19-11-21-44(45)51-43)38-18-10-20-42-46(38)48-39(47(50-42)35-16-8-3-9-17-35)27-28-41(49-48)34-14-6-2-7-15-34/h1-30H. The van der Waals surface area contributed by atoms with Gasteiger partial charge in [-0.1, -0.05) is 146 Å². The van der Waals surface area contributed by atoms with E-state index in [1.54, 1.807) is 0 Å². The third-order valence-corrected chi connectivity index (χ3v) is 9.89. The summed E-state index contributed by atoms with van der Waals surface area (Å²) in [4.78, 5) is 10.7. The van der Waals surface area contributed by atoms with Crippen molar-refractivity contribution in [2.24, 2.45) is 0 Å². The van der Waals surface area contributed by atoms with Crippen LogP contribution in [0.15, 0.2) is 186 Å².